The fraction of sp³-hybridized carbons (Fsp3) is 0.176. The van der Waals surface area contributed by atoms with Crippen molar-refractivity contribution in [2.24, 2.45) is 0 Å². The van der Waals surface area contributed by atoms with Crippen molar-refractivity contribution >= 4 is 27.5 Å². The van der Waals surface area contributed by atoms with Gasteiger partial charge in [-0.05, 0) is 44.5 Å². The van der Waals surface area contributed by atoms with E-state index in [1.54, 1.807) is 0 Å². The highest BCUT2D eigenvalue weighted by atomic mass is 15.0. The molecule has 3 aromatic heterocycles. The van der Waals surface area contributed by atoms with Crippen LogP contribution in [0.4, 0.5) is 0 Å². The quantitative estimate of drug-likeness (QED) is 0.448. The van der Waals surface area contributed by atoms with E-state index in [1.165, 1.54) is 16.5 Å². The molecule has 0 aliphatic heterocycles. The third kappa shape index (κ3) is 1.40. The summed E-state index contributed by atoms with van der Waals surface area (Å²) in [5.74, 6) is 0. The van der Waals surface area contributed by atoms with E-state index in [2.05, 4.69) is 52.8 Å². The zero-order chi connectivity index (χ0) is 13.9. The zero-order valence-electron chi connectivity index (χ0n) is 11.8. The van der Waals surface area contributed by atoms with Gasteiger partial charge in [0.25, 0.3) is 0 Å². The topological polar surface area (TPSA) is 30.2 Å². The Kier molecular flexibility index (Phi) is 2.16. The van der Waals surface area contributed by atoms with Gasteiger partial charge in [0.15, 0.2) is 0 Å². The maximum absolute atomic E-state index is 4.77. The zero-order valence-corrected chi connectivity index (χ0v) is 11.8. The molecule has 0 unspecified atom stereocenters. The Morgan fingerprint density at radius 3 is 2.60 bits per heavy atom. The predicted octanol–water partition coefficient (Wildman–Crippen LogP) is 3.96. The Hall–Kier alpha value is -2.42. The minimum Gasteiger partial charge on any atom is -0.299 e. The van der Waals surface area contributed by atoms with Gasteiger partial charge in [-0.1, -0.05) is 12.1 Å². The van der Waals surface area contributed by atoms with Crippen LogP contribution in [0.5, 0.6) is 0 Å². The van der Waals surface area contributed by atoms with Gasteiger partial charge in [-0.25, -0.2) is 4.98 Å². The molecule has 0 spiro atoms. The summed E-state index contributed by atoms with van der Waals surface area (Å²) in [6.45, 7) is 6.20. The fourth-order valence-electron chi connectivity index (χ4n) is 2.96. The smallest absolute Gasteiger partial charge is 0.147 e. The Bertz CT molecular complexity index is 980. The second kappa shape index (κ2) is 3.79. The standard InChI is InChI=1S/C17H15N3/c1-10-5-4-6-14-15(10)16-13(8-7-11(2)18-16)17-19-12(3)9-20(14)17/h4-9H,1-3H3. The maximum Gasteiger partial charge on any atom is 0.147 e. The highest BCUT2D eigenvalue weighted by Gasteiger charge is 2.12. The molecule has 4 aromatic rings. The summed E-state index contributed by atoms with van der Waals surface area (Å²) in [5.41, 5.74) is 6.53. The molecule has 20 heavy (non-hydrogen) atoms. The predicted molar refractivity (Wildman–Crippen MR) is 82.2 cm³/mol. The highest BCUT2D eigenvalue weighted by Crippen LogP contribution is 2.30. The van der Waals surface area contributed by atoms with E-state index >= 15 is 0 Å². The lowest BCUT2D eigenvalue weighted by molar-refractivity contribution is 1.23. The van der Waals surface area contributed by atoms with Crippen molar-refractivity contribution in [2.75, 3.05) is 0 Å². The van der Waals surface area contributed by atoms with E-state index in [-0.39, 0.29) is 0 Å². The normalized spacial score (nSPS) is 11.8. The molecule has 0 atom stereocenters. The Balaban J connectivity index is 2.44. The van der Waals surface area contributed by atoms with E-state index in [0.29, 0.717) is 0 Å². The summed E-state index contributed by atoms with van der Waals surface area (Å²) in [4.78, 5) is 9.44. The van der Waals surface area contributed by atoms with Gasteiger partial charge >= 0.3 is 0 Å². The number of pyridine rings is 2. The first-order valence-electron chi connectivity index (χ1n) is 6.79. The van der Waals surface area contributed by atoms with Crippen LogP contribution in [0.1, 0.15) is 17.0 Å². The Morgan fingerprint density at radius 1 is 0.900 bits per heavy atom. The largest absolute Gasteiger partial charge is 0.299 e. The summed E-state index contributed by atoms with van der Waals surface area (Å²) < 4.78 is 2.18. The number of nitrogens with zero attached hydrogens (tertiary/aromatic N) is 3. The van der Waals surface area contributed by atoms with Crippen molar-refractivity contribution in [2.45, 2.75) is 20.8 Å². The Labute approximate surface area is 116 Å². The minimum atomic E-state index is 0.989. The SMILES string of the molecule is Cc1ccc2c(n1)c1c(C)cccc1n1cc(C)nc21. The third-order valence-corrected chi connectivity index (χ3v) is 3.85. The average Bonchev–Trinajstić information content (AvgIpc) is 2.80. The molecule has 4 rings (SSSR count). The Morgan fingerprint density at radius 2 is 1.75 bits per heavy atom. The molecule has 0 bridgehead atoms. The van der Waals surface area contributed by atoms with Crippen LogP contribution in [-0.4, -0.2) is 14.4 Å². The lowest BCUT2D eigenvalue weighted by Crippen LogP contribution is -1.94. The third-order valence-electron chi connectivity index (χ3n) is 3.85. The van der Waals surface area contributed by atoms with Gasteiger partial charge < -0.3 is 0 Å². The first kappa shape index (κ1) is 11.4. The molecule has 0 saturated carbocycles. The molecule has 0 aliphatic carbocycles. The molecule has 0 N–H and O–H groups in total. The van der Waals surface area contributed by atoms with Gasteiger partial charge in [0.05, 0.1) is 16.7 Å². The number of hydrogen-bond donors (Lipinski definition) is 0. The lowest BCUT2D eigenvalue weighted by Gasteiger charge is -2.10. The summed E-state index contributed by atoms with van der Waals surface area (Å²) in [7, 11) is 0. The van der Waals surface area contributed by atoms with Crippen LogP contribution in [0.3, 0.4) is 0 Å². The maximum atomic E-state index is 4.77. The van der Waals surface area contributed by atoms with Crippen molar-refractivity contribution in [1.29, 1.82) is 0 Å². The summed E-state index contributed by atoms with van der Waals surface area (Å²) >= 11 is 0. The van der Waals surface area contributed by atoms with E-state index in [4.69, 9.17) is 4.98 Å². The van der Waals surface area contributed by atoms with Crippen LogP contribution in [0.15, 0.2) is 36.5 Å². The molecule has 1 aromatic carbocycles. The molecule has 0 amide bonds. The van der Waals surface area contributed by atoms with Crippen molar-refractivity contribution in [3.8, 4) is 0 Å². The first-order chi connectivity index (χ1) is 9.65. The number of hydrogen-bond acceptors (Lipinski definition) is 2. The first-order valence-corrected chi connectivity index (χ1v) is 6.79. The fourth-order valence-corrected chi connectivity index (χ4v) is 2.96. The lowest BCUT2D eigenvalue weighted by atomic mass is 10.1. The van der Waals surface area contributed by atoms with Crippen LogP contribution in [0.2, 0.25) is 0 Å². The van der Waals surface area contributed by atoms with Crippen LogP contribution >= 0.6 is 0 Å². The van der Waals surface area contributed by atoms with E-state index in [9.17, 15) is 0 Å². The molecule has 0 fully saturated rings. The highest BCUT2D eigenvalue weighted by molar-refractivity contribution is 6.10. The van der Waals surface area contributed by atoms with E-state index in [1.807, 2.05) is 13.8 Å². The second-order valence-electron chi connectivity index (χ2n) is 5.39. The number of aromatic nitrogens is 3. The van der Waals surface area contributed by atoms with Crippen LogP contribution in [0.25, 0.3) is 27.5 Å². The number of rotatable bonds is 0. The van der Waals surface area contributed by atoms with Crippen molar-refractivity contribution in [1.82, 2.24) is 14.4 Å². The van der Waals surface area contributed by atoms with Gasteiger partial charge in [-0.2, -0.15) is 0 Å². The molecule has 3 heteroatoms. The van der Waals surface area contributed by atoms with E-state index in [0.717, 1.165) is 27.9 Å². The van der Waals surface area contributed by atoms with Gasteiger partial charge in [-0.3, -0.25) is 9.38 Å². The molecular formula is C17H15N3. The molecule has 0 saturated heterocycles. The average molecular weight is 261 g/mol. The van der Waals surface area contributed by atoms with Crippen LogP contribution in [-0.2, 0) is 0 Å². The minimum absolute atomic E-state index is 0.989. The van der Waals surface area contributed by atoms with Crippen molar-refractivity contribution in [3.05, 3.63) is 53.5 Å². The van der Waals surface area contributed by atoms with Crippen LogP contribution in [0, 0.1) is 20.8 Å². The van der Waals surface area contributed by atoms with Crippen molar-refractivity contribution in [3.63, 3.8) is 0 Å². The van der Waals surface area contributed by atoms with Gasteiger partial charge in [0.2, 0.25) is 0 Å². The number of benzene rings is 1. The number of aryl methyl sites for hydroxylation is 3. The number of fused-ring (bicyclic) bond motifs is 6. The molecule has 0 radical (unpaired) electrons. The summed E-state index contributed by atoms with van der Waals surface area (Å²) in [6.07, 6.45) is 2.09. The van der Waals surface area contributed by atoms with E-state index < -0.39 is 0 Å². The molecule has 3 nitrogen and oxygen atoms in total. The summed E-state index contributed by atoms with van der Waals surface area (Å²) in [5, 5.41) is 2.33. The van der Waals surface area contributed by atoms with Gasteiger partial charge in [-0.15, -0.1) is 0 Å². The molecular weight excluding hydrogens is 246 g/mol. The van der Waals surface area contributed by atoms with Gasteiger partial charge in [0.1, 0.15) is 5.65 Å². The summed E-state index contributed by atoms with van der Waals surface area (Å²) in [6, 6.07) is 10.6. The monoisotopic (exact) mass is 261 g/mol. The van der Waals surface area contributed by atoms with Crippen LogP contribution < -0.4 is 0 Å². The van der Waals surface area contributed by atoms with Gasteiger partial charge in [0, 0.05) is 22.7 Å². The molecule has 0 aliphatic rings. The van der Waals surface area contributed by atoms with Crippen molar-refractivity contribution < 1.29 is 0 Å². The second-order valence-corrected chi connectivity index (χ2v) is 5.39. The molecule has 3 heterocycles. The number of imidazole rings is 1. The molecule has 98 valence electrons.